The fraction of sp³-hybridized carbons (Fsp3) is 0.848. The Labute approximate surface area is 298 Å². The second-order valence-electron chi connectivity index (χ2n) is 18.0. The maximum atomic E-state index is 12.8. The van der Waals surface area contributed by atoms with Crippen molar-refractivity contribution in [2.75, 3.05) is 0 Å². The van der Waals surface area contributed by atoms with Crippen molar-refractivity contribution in [3.8, 4) is 0 Å². The number of allylic oxidation sites excluding steroid dienone is 5. The van der Waals surface area contributed by atoms with Crippen LogP contribution in [-0.2, 0) is 9.53 Å². The maximum absolute atomic E-state index is 12.8. The van der Waals surface area contributed by atoms with Gasteiger partial charge in [-0.15, -0.1) is 0 Å². The van der Waals surface area contributed by atoms with E-state index in [0.717, 1.165) is 67.6 Å². The molecule has 0 N–H and O–H groups in total. The van der Waals surface area contributed by atoms with Crippen molar-refractivity contribution in [1.82, 2.24) is 0 Å². The Hall–Kier alpha value is -1.31. The Bertz CT molecular complexity index is 1030. The first-order chi connectivity index (χ1) is 23.2. The van der Waals surface area contributed by atoms with Gasteiger partial charge in [-0.25, -0.2) is 0 Å². The van der Waals surface area contributed by atoms with Crippen LogP contribution < -0.4 is 0 Å². The van der Waals surface area contributed by atoms with Crippen molar-refractivity contribution >= 4 is 5.97 Å². The fourth-order valence-electron chi connectivity index (χ4n) is 11.3. The number of esters is 1. The van der Waals surface area contributed by atoms with E-state index in [9.17, 15) is 4.79 Å². The van der Waals surface area contributed by atoms with E-state index in [1.54, 1.807) is 5.57 Å². The molecule has 0 spiro atoms. The van der Waals surface area contributed by atoms with Gasteiger partial charge in [0.2, 0.25) is 0 Å². The van der Waals surface area contributed by atoms with Gasteiger partial charge < -0.3 is 4.74 Å². The lowest BCUT2D eigenvalue weighted by molar-refractivity contribution is -0.151. The van der Waals surface area contributed by atoms with Gasteiger partial charge in [-0.2, -0.15) is 0 Å². The van der Waals surface area contributed by atoms with E-state index in [2.05, 4.69) is 71.9 Å². The summed E-state index contributed by atoms with van der Waals surface area (Å²) < 4.78 is 6.13. The Kier molecular flexibility index (Phi) is 16.4. The summed E-state index contributed by atoms with van der Waals surface area (Å²) >= 11 is 0. The molecule has 3 fully saturated rings. The van der Waals surface area contributed by atoms with E-state index in [-0.39, 0.29) is 12.1 Å². The summed E-state index contributed by atoms with van der Waals surface area (Å²) in [4.78, 5) is 12.8. The second kappa shape index (κ2) is 19.9. The lowest BCUT2D eigenvalue weighted by Gasteiger charge is -2.58. The van der Waals surface area contributed by atoms with E-state index >= 15 is 0 Å². The fourth-order valence-corrected chi connectivity index (χ4v) is 11.3. The summed E-state index contributed by atoms with van der Waals surface area (Å²) in [5.74, 6) is 5.30. The third-order valence-corrected chi connectivity index (χ3v) is 14.1. The molecule has 0 aromatic carbocycles. The average molecular weight is 663 g/mol. The van der Waals surface area contributed by atoms with E-state index < -0.39 is 0 Å². The summed E-state index contributed by atoms with van der Waals surface area (Å²) in [6, 6.07) is 0. The summed E-state index contributed by atoms with van der Waals surface area (Å²) in [5.41, 5.74) is 2.52. The van der Waals surface area contributed by atoms with E-state index in [1.807, 2.05) is 0 Å². The Morgan fingerprint density at radius 1 is 0.812 bits per heavy atom. The van der Waals surface area contributed by atoms with Crippen LogP contribution in [0.5, 0.6) is 0 Å². The summed E-state index contributed by atoms with van der Waals surface area (Å²) in [6.07, 6.45) is 42.0. The van der Waals surface area contributed by atoms with Crippen LogP contribution in [0.4, 0.5) is 0 Å². The molecule has 0 heterocycles. The molecule has 274 valence electrons. The van der Waals surface area contributed by atoms with Crippen LogP contribution in [0.1, 0.15) is 196 Å². The molecule has 2 heteroatoms. The van der Waals surface area contributed by atoms with Gasteiger partial charge in [0.15, 0.2) is 0 Å². The molecule has 4 rings (SSSR count). The number of fused-ring (bicyclic) bond motifs is 5. The lowest BCUT2D eigenvalue weighted by Crippen LogP contribution is -2.51. The van der Waals surface area contributed by atoms with Crippen molar-refractivity contribution < 1.29 is 9.53 Å². The number of carbonyl (C=O) groups excluding carboxylic acids is 1. The largest absolute Gasteiger partial charge is 0.462 e. The predicted molar refractivity (Wildman–Crippen MR) is 207 cm³/mol. The van der Waals surface area contributed by atoms with Crippen molar-refractivity contribution in [2.24, 2.45) is 46.3 Å². The highest BCUT2D eigenvalue weighted by Gasteiger charge is 2.59. The van der Waals surface area contributed by atoms with Gasteiger partial charge in [0, 0.05) is 12.8 Å². The average Bonchev–Trinajstić information content (AvgIpc) is 3.42. The highest BCUT2D eigenvalue weighted by molar-refractivity contribution is 5.69. The first-order valence-corrected chi connectivity index (χ1v) is 21.4. The molecule has 0 saturated heterocycles. The maximum Gasteiger partial charge on any atom is 0.306 e. The normalized spacial score (nSPS) is 32.3. The molecule has 0 bridgehead atoms. The molecule has 0 unspecified atom stereocenters. The monoisotopic (exact) mass is 663 g/mol. The molecular formula is C46H78O2. The summed E-state index contributed by atoms with van der Waals surface area (Å²) in [6.45, 7) is 14.9. The quantitative estimate of drug-likeness (QED) is 0.0694. The second-order valence-corrected chi connectivity index (χ2v) is 18.0. The van der Waals surface area contributed by atoms with Crippen LogP contribution in [0.2, 0.25) is 0 Å². The first kappa shape index (κ1) is 39.5. The third kappa shape index (κ3) is 10.8. The van der Waals surface area contributed by atoms with Gasteiger partial charge in [-0.3, -0.25) is 4.79 Å². The van der Waals surface area contributed by atoms with Crippen LogP contribution in [0.3, 0.4) is 0 Å². The number of carbonyl (C=O) groups is 1. The summed E-state index contributed by atoms with van der Waals surface area (Å²) in [5, 5.41) is 0. The third-order valence-electron chi connectivity index (χ3n) is 14.1. The Balaban J connectivity index is 1.11. The number of rotatable bonds is 21. The van der Waals surface area contributed by atoms with Crippen LogP contribution in [0, 0.1) is 46.3 Å². The smallest absolute Gasteiger partial charge is 0.306 e. The van der Waals surface area contributed by atoms with E-state index in [0.29, 0.717) is 17.3 Å². The zero-order valence-corrected chi connectivity index (χ0v) is 32.7. The zero-order valence-electron chi connectivity index (χ0n) is 32.7. The van der Waals surface area contributed by atoms with Crippen molar-refractivity contribution in [3.05, 3.63) is 36.0 Å². The molecular weight excluding hydrogens is 585 g/mol. The van der Waals surface area contributed by atoms with Gasteiger partial charge in [0.25, 0.3) is 0 Å². The highest BCUT2D eigenvalue weighted by Crippen LogP contribution is 2.67. The molecule has 4 aliphatic rings. The molecule has 0 aromatic rings. The van der Waals surface area contributed by atoms with Crippen molar-refractivity contribution in [2.45, 2.75) is 202 Å². The molecule has 0 aromatic heterocycles. The minimum absolute atomic E-state index is 0.0513. The van der Waals surface area contributed by atoms with Crippen LogP contribution in [0.25, 0.3) is 0 Å². The zero-order chi connectivity index (χ0) is 34.4. The number of hydrogen-bond acceptors (Lipinski definition) is 2. The molecule has 2 nitrogen and oxygen atoms in total. The minimum Gasteiger partial charge on any atom is -0.462 e. The number of ether oxygens (including phenoxy) is 1. The van der Waals surface area contributed by atoms with Gasteiger partial charge in [0.1, 0.15) is 6.10 Å². The summed E-state index contributed by atoms with van der Waals surface area (Å²) in [7, 11) is 0. The van der Waals surface area contributed by atoms with Crippen LogP contribution in [0.15, 0.2) is 36.0 Å². The first-order valence-electron chi connectivity index (χ1n) is 21.4. The van der Waals surface area contributed by atoms with Gasteiger partial charge in [0.05, 0.1) is 0 Å². The molecule has 0 radical (unpaired) electrons. The van der Waals surface area contributed by atoms with Crippen LogP contribution >= 0.6 is 0 Å². The predicted octanol–water partition coefficient (Wildman–Crippen LogP) is 14.1. The Morgan fingerprint density at radius 3 is 2.25 bits per heavy atom. The van der Waals surface area contributed by atoms with E-state index in [1.165, 1.54) is 116 Å². The van der Waals surface area contributed by atoms with Gasteiger partial charge in [-0.1, -0.05) is 135 Å². The van der Waals surface area contributed by atoms with E-state index in [4.69, 9.17) is 4.74 Å². The topological polar surface area (TPSA) is 26.3 Å². The van der Waals surface area contributed by atoms with Crippen LogP contribution in [-0.4, -0.2) is 12.1 Å². The minimum atomic E-state index is 0.0513. The molecule has 3 saturated carbocycles. The molecule has 48 heavy (non-hydrogen) atoms. The van der Waals surface area contributed by atoms with Gasteiger partial charge >= 0.3 is 5.97 Å². The molecule has 4 aliphatic carbocycles. The molecule has 8 atom stereocenters. The number of hydrogen-bond donors (Lipinski definition) is 0. The standard InChI is InChI=1S/C46H78O2/c1-7-8-9-10-11-12-13-14-15-16-17-18-19-20-21-22-26-44(47)48-39-31-33-45(5)38(35-39)27-28-40-42-30-29-41(37(4)25-23-24-36(2)3)46(42,6)34-32-43(40)45/h11-12,14-15,27,36-37,39-43H,7-10,13,16-26,28-35H2,1-6H3/b12-11+,15-14+/t37-,39+,40+,41-,42+,43+,45+,46-/m1/s1. The van der Waals surface area contributed by atoms with Gasteiger partial charge in [-0.05, 0) is 130 Å². The lowest BCUT2D eigenvalue weighted by atomic mass is 9.47. The molecule has 0 amide bonds. The molecule has 0 aliphatic heterocycles. The highest BCUT2D eigenvalue weighted by atomic mass is 16.5. The SMILES string of the molecule is CCCCC/C=C/C/C=C/CCCCCCCCC(=O)O[C@H]1CC[C@@]2(C)C(=CC[C@H]3[C@@H]4CC[C@H]([C@H](C)CCCC(C)C)[C@@]4(C)CC[C@@H]32)C1. The van der Waals surface area contributed by atoms with Crippen molar-refractivity contribution in [1.29, 1.82) is 0 Å². The van der Waals surface area contributed by atoms with Crippen molar-refractivity contribution in [3.63, 3.8) is 0 Å². The Morgan fingerprint density at radius 2 is 1.52 bits per heavy atom. The number of unbranched alkanes of at least 4 members (excludes halogenated alkanes) is 9.